The van der Waals surface area contributed by atoms with Gasteiger partial charge in [0.2, 0.25) is 0 Å². The van der Waals surface area contributed by atoms with Gasteiger partial charge in [0.15, 0.2) is 0 Å². The molecule has 19 heteroatoms. The van der Waals surface area contributed by atoms with Crippen molar-refractivity contribution in [2.45, 2.75) is 18.8 Å². The van der Waals surface area contributed by atoms with Crippen LogP contribution in [0.5, 0.6) is 0 Å². The van der Waals surface area contributed by atoms with E-state index in [0.717, 1.165) is 4.57 Å². The zero-order valence-corrected chi connectivity index (χ0v) is 16.9. The van der Waals surface area contributed by atoms with Crippen molar-refractivity contribution in [2.75, 3.05) is 19.0 Å². The minimum atomic E-state index is -5.65. The highest BCUT2D eigenvalue weighted by molar-refractivity contribution is 7.66. The van der Waals surface area contributed by atoms with Crippen molar-refractivity contribution in [3.05, 3.63) is 22.7 Å². The van der Waals surface area contributed by atoms with Gasteiger partial charge in [-0.3, -0.25) is 13.5 Å². The molecule has 0 aliphatic carbocycles. The van der Waals surface area contributed by atoms with Crippen molar-refractivity contribution in [3.63, 3.8) is 0 Å². The van der Waals surface area contributed by atoms with E-state index in [9.17, 15) is 27.8 Å². The molecule has 1 saturated heterocycles. The number of halogens is 1. The summed E-state index contributed by atoms with van der Waals surface area (Å²) in [7, 11) is -16.5. The van der Waals surface area contributed by atoms with Crippen LogP contribution < -0.4 is 11.4 Å². The lowest BCUT2D eigenvalue weighted by Gasteiger charge is -2.19. The molecule has 0 spiro atoms. The van der Waals surface area contributed by atoms with E-state index in [1.54, 1.807) is 0 Å². The average molecular weight is 483 g/mol. The second kappa shape index (κ2) is 9.00. The van der Waals surface area contributed by atoms with Gasteiger partial charge in [-0.05, 0) is 12.5 Å². The molecule has 2 heterocycles. The summed E-state index contributed by atoms with van der Waals surface area (Å²) in [4.78, 5) is 50.8. The van der Waals surface area contributed by atoms with Gasteiger partial charge in [0.1, 0.15) is 12.0 Å². The molecular formula is C10H17FN3O12P3. The number of nitrogens with two attached hydrogens (primary N) is 1. The third-order valence-electron chi connectivity index (χ3n) is 3.46. The third-order valence-corrected chi connectivity index (χ3v) is 7.27. The number of nitrogens with zero attached hydrogens (tertiary/aromatic N) is 2. The van der Waals surface area contributed by atoms with E-state index < -0.39 is 60.7 Å². The Labute approximate surface area is 161 Å². The monoisotopic (exact) mass is 483 g/mol. The first-order valence-electron chi connectivity index (χ1n) is 7.56. The van der Waals surface area contributed by atoms with E-state index in [1.165, 1.54) is 12.3 Å². The van der Waals surface area contributed by atoms with E-state index in [-0.39, 0.29) is 12.2 Å². The lowest BCUT2D eigenvalue weighted by atomic mass is 10.1. The topological polar surface area (TPSA) is 230 Å². The molecule has 1 aromatic heterocycles. The second-order valence-corrected chi connectivity index (χ2v) is 10.1. The smallest absolute Gasteiger partial charge is 0.383 e. The molecule has 5 atom stereocenters. The fourth-order valence-electron chi connectivity index (χ4n) is 2.46. The maximum Gasteiger partial charge on any atom is 0.490 e. The van der Waals surface area contributed by atoms with Crippen LogP contribution in [0.1, 0.15) is 12.6 Å². The predicted molar refractivity (Wildman–Crippen MR) is 90.7 cm³/mol. The molecule has 1 fully saturated rings. The summed E-state index contributed by atoms with van der Waals surface area (Å²) < 4.78 is 64.8. The first-order valence-corrected chi connectivity index (χ1v) is 12.1. The molecule has 2 rings (SSSR count). The molecule has 1 aromatic rings. The van der Waals surface area contributed by atoms with Gasteiger partial charge in [-0.15, -0.1) is 0 Å². The Hall–Kier alpha value is -1.02. The van der Waals surface area contributed by atoms with Crippen LogP contribution in [0.4, 0.5) is 10.2 Å². The maximum absolute atomic E-state index is 13.3. The van der Waals surface area contributed by atoms with Gasteiger partial charge >= 0.3 is 29.2 Å². The number of phosphoric acid groups is 3. The highest BCUT2D eigenvalue weighted by Crippen LogP contribution is 2.66. The largest absolute Gasteiger partial charge is 0.490 e. The van der Waals surface area contributed by atoms with E-state index in [4.69, 9.17) is 25.2 Å². The molecular weight excluding hydrogens is 466 g/mol. The Morgan fingerprint density at radius 1 is 1.24 bits per heavy atom. The van der Waals surface area contributed by atoms with Gasteiger partial charge in [-0.2, -0.15) is 13.6 Å². The summed E-state index contributed by atoms with van der Waals surface area (Å²) in [6.07, 6.45) is -1.03. The van der Waals surface area contributed by atoms with Gasteiger partial charge in [0.25, 0.3) is 0 Å². The minimum absolute atomic E-state index is 0.0646. The lowest BCUT2D eigenvalue weighted by Crippen LogP contribution is -2.30. The number of anilines is 1. The van der Waals surface area contributed by atoms with Crippen LogP contribution in [0, 0.1) is 5.92 Å². The lowest BCUT2D eigenvalue weighted by molar-refractivity contribution is -0.0369. The highest BCUT2D eigenvalue weighted by atomic mass is 31.3. The SMILES string of the molecule is Nc1ccn(C2O[C@H](COP(=O)(O)OP(=O)(O)OP(=O)(O)O)C[C@@H]2CF)c(=O)n1. The first kappa shape index (κ1) is 24.3. The molecule has 15 nitrogen and oxygen atoms in total. The number of rotatable bonds is 9. The molecule has 0 radical (unpaired) electrons. The number of ether oxygens (including phenoxy) is 1. The number of phosphoric ester groups is 1. The van der Waals surface area contributed by atoms with E-state index in [1.807, 2.05) is 0 Å². The molecule has 0 amide bonds. The molecule has 3 unspecified atom stereocenters. The summed E-state index contributed by atoms with van der Waals surface area (Å²) in [6.45, 7) is -1.68. The van der Waals surface area contributed by atoms with Crippen molar-refractivity contribution in [2.24, 2.45) is 5.92 Å². The van der Waals surface area contributed by atoms with Gasteiger partial charge in [-0.1, -0.05) is 0 Å². The third kappa shape index (κ3) is 7.31. The van der Waals surface area contributed by atoms with Crippen LogP contribution in [-0.2, 0) is 31.6 Å². The summed E-state index contributed by atoms with van der Waals surface area (Å²) in [6, 6.07) is 1.28. The molecule has 166 valence electrons. The summed E-state index contributed by atoms with van der Waals surface area (Å²) >= 11 is 0. The van der Waals surface area contributed by atoms with Crippen LogP contribution in [-0.4, -0.2) is 48.5 Å². The number of alkyl halides is 1. The van der Waals surface area contributed by atoms with Crippen LogP contribution in [0.3, 0.4) is 0 Å². The summed E-state index contributed by atoms with van der Waals surface area (Å²) in [5.41, 5.74) is 4.55. The van der Waals surface area contributed by atoms with Crippen molar-refractivity contribution >= 4 is 29.3 Å². The minimum Gasteiger partial charge on any atom is -0.383 e. The Morgan fingerprint density at radius 2 is 1.90 bits per heavy atom. The van der Waals surface area contributed by atoms with Gasteiger partial charge < -0.3 is 30.0 Å². The van der Waals surface area contributed by atoms with Crippen LogP contribution in [0.15, 0.2) is 17.1 Å². The van der Waals surface area contributed by atoms with Crippen molar-refractivity contribution in [1.82, 2.24) is 9.55 Å². The Bertz CT molecular complexity index is 936. The summed E-state index contributed by atoms with van der Waals surface area (Å²) in [5, 5.41) is 0. The Balaban J connectivity index is 2.02. The molecule has 0 bridgehead atoms. The quantitative estimate of drug-likeness (QED) is 0.292. The first-order chi connectivity index (χ1) is 13.2. The van der Waals surface area contributed by atoms with E-state index in [2.05, 4.69) is 18.1 Å². The standard InChI is InChI=1S/C10H17FN3O12P3/c11-4-6-3-7(24-9(6)14-2-1-8(12)13-10(14)15)5-23-28(19,20)26-29(21,22)25-27(16,17)18/h1-2,6-7,9H,3-5H2,(H,19,20)(H,21,22)(H2,12,13,15)(H2,16,17,18)/t6-,7+,9?/m1/s1. The predicted octanol–water partition coefficient (Wildman–Crippen LogP) is 0.0420. The van der Waals surface area contributed by atoms with Crippen molar-refractivity contribution < 1.29 is 55.5 Å². The van der Waals surface area contributed by atoms with Crippen molar-refractivity contribution in [3.8, 4) is 0 Å². The summed E-state index contributed by atoms with van der Waals surface area (Å²) in [5.74, 6) is -0.919. The molecule has 1 aliphatic rings. The zero-order valence-electron chi connectivity index (χ0n) is 14.3. The van der Waals surface area contributed by atoms with E-state index in [0.29, 0.717) is 0 Å². The maximum atomic E-state index is 13.3. The van der Waals surface area contributed by atoms with E-state index >= 15 is 0 Å². The second-order valence-electron chi connectivity index (χ2n) is 5.73. The number of hydrogen-bond acceptors (Lipinski definition) is 10. The highest BCUT2D eigenvalue weighted by Gasteiger charge is 2.43. The van der Waals surface area contributed by atoms with Gasteiger partial charge in [-0.25, -0.2) is 18.5 Å². The fraction of sp³-hybridized carbons (Fsp3) is 0.600. The van der Waals surface area contributed by atoms with Crippen LogP contribution in [0.2, 0.25) is 0 Å². The zero-order chi connectivity index (χ0) is 22.0. The van der Waals surface area contributed by atoms with Gasteiger partial charge in [0.05, 0.1) is 19.4 Å². The normalized spacial score (nSPS) is 26.7. The Kier molecular flexibility index (Phi) is 7.53. The number of hydrogen-bond donors (Lipinski definition) is 5. The fourth-order valence-corrected chi connectivity index (χ4v) is 5.51. The van der Waals surface area contributed by atoms with Gasteiger partial charge in [0, 0.05) is 12.1 Å². The molecule has 6 N–H and O–H groups in total. The number of nitrogen functional groups attached to an aromatic ring is 1. The molecule has 1 aliphatic heterocycles. The van der Waals surface area contributed by atoms with Crippen LogP contribution >= 0.6 is 23.5 Å². The molecule has 0 saturated carbocycles. The van der Waals surface area contributed by atoms with Crippen LogP contribution in [0.25, 0.3) is 0 Å². The Morgan fingerprint density at radius 3 is 2.45 bits per heavy atom. The van der Waals surface area contributed by atoms with Crippen molar-refractivity contribution in [1.29, 1.82) is 0 Å². The average Bonchev–Trinajstić information content (AvgIpc) is 2.92. The molecule has 29 heavy (non-hydrogen) atoms. The number of aromatic nitrogens is 2. The molecule has 0 aromatic carbocycles.